The van der Waals surface area contributed by atoms with E-state index in [9.17, 15) is 36.9 Å². The normalized spacial score (nSPS) is 11.7. The number of nitrogens with zero attached hydrogens (tertiary/aromatic N) is 1. The minimum Gasteiger partial charge on any atom is -0.398 e. The summed E-state index contributed by atoms with van der Waals surface area (Å²) in [6.45, 7) is 0. The van der Waals surface area contributed by atoms with Gasteiger partial charge in [0, 0.05) is 6.20 Å². The highest BCUT2D eigenvalue weighted by atomic mass is 19.4. The first-order valence-corrected chi connectivity index (χ1v) is 4.07. The maximum atomic E-state index is 12.4. The Labute approximate surface area is 94.1 Å². The predicted molar refractivity (Wildman–Crippen MR) is 45.4 cm³/mol. The van der Waals surface area contributed by atoms with Crippen molar-refractivity contribution >= 4 is 5.69 Å². The lowest BCUT2D eigenvalue weighted by Crippen LogP contribution is -2.22. The Kier molecular flexibility index (Phi) is 3.53. The first-order chi connectivity index (χ1) is 8.13. The van der Waals surface area contributed by atoms with Crippen molar-refractivity contribution in [2.45, 2.75) is 12.8 Å². The Morgan fingerprint density at radius 2 is 1.94 bits per heavy atom. The molecule has 1 aromatic heterocycles. The molecule has 0 aliphatic heterocycles. The number of nitrogens with one attached hydrogen (secondary N) is 1. The van der Waals surface area contributed by atoms with E-state index in [-0.39, 0.29) is 6.20 Å². The van der Waals surface area contributed by atoms with Crippen molar-refractivity contribution in [3.8, 4) is 5.75 Å². The number of ether oxygens (including phenoxy) is 1. The van der Waals surface area contributed by atoms with Crippen molar-refractivity contribution in [1.82, 2.24) is 4.98 Å². The number of aromatic amines is 1. The van der Waals surface area contributed by atoms with Gasteiger partial charge in [-0.1, -0.05) is 0 Å². The second kappa shape index (κ2) is 4.58. The smallest absolute Gasteiger partial charge is 0.398 e. The number of H-pyrrole nitrogens is 1. The summed E-state index contributed by atoms with van der Waals surface area (Å²) in [6, 6.07) is 0. The third kappa shape index (κ3) is 2.93. The van der Waals surface area contributed by atoms with Gasteiger partial charge in [-0.05, 0) is 0 Å². The molecule has 100 valence electrons. The van der Waals surface area contributed by atoms with Crippen LogP contribution >= 0.6 is 0 Å². The molecule has 0 fully saturated rings. The molecule has 0 saturated heterocycles. The summed E-state index contributed by atoms with van der Waals surface area (Å²) >= 11 is 0. The van der Waals surface area contributed by atoms with Crippen LogP contribution in [0.15, 0.2) is 11.0 Å². The van der Waals surface area contributed by atoms with Gasteiger partial charge < -0.3 is 9.72 Å². The van der Waals surface area contributed by atoms with E-state index in [4.69, 9.17) is 0 Å². The van der Waals surface area contributed by atoms with Crippen molar-refractivity contribution in [2.75, 3.05) is 0 Å². The van der Waals surface area contributed by atoms with Gasteiger partial charge in [0.25, 0.3) is 6.43 Å². The van der Waals surface area contributed by atoms with Crippen molar-refractivity contribution in [2.24, 2.45) is 0 Å². The molecule has 0 aliphatic carbocycles. The van der Waals surface area contributed by atoms with Crippen LogP contribution < -0.4 is 10.3 Å². The van der Waals surface area contributed by atoms with E-state index in [1.807, 2.05) is 0 Å². The second-order valence-electron chi connectivity index (χ2n) is 2.86. The number of hydrogen-bond acceptors (Lipinski definition) is 4. The Bertz CT molecular complexity index is 524. The molecule has 0 amide bonds. The lowest BCUT2D eigenvalue weighted by atomic mass is 10.2. The maximum Gasteiger partial charge on any atom is 0.573 e. The maximum absolute atomic E-state index is 12.4. The number of pyridine rings is 1. The van der Waals surface area contributed by atoms with Gasteiger partial charge in [-0.3, -0.25) is 14.9 Å². The van der Waals surface area contributed by atoms with Crippen LogP contribution in [0.25, 0.3) is 0 Å². The van der Waals surface area contributed by atoms with Crippen LogP contribution in [0.4, 0.5) is 27.6 Å². The highest BCUT2D eigenvalue weighted by Crippen LogP contribution is 2.37. The topological polar surface area (TPSA) is 85.2 Å². The molecule has 1 aromatic rings. The molecule has 1 rings (SSSR count). The van der Waals surface area contributed by atoms with Gasteiger partial charge in [-0.25, -0.2) is 8.78 Å². The minimum atomic E-state index is -5.44. The quantitative estimate of drug-likeness (QED) is 0.519. The minimum absolute atomic E-state index is 0.223. The molecule has 0 unspecified atom stereocenters. The Morgan fingerprint density at radius 1 is 1.39 bits per heavy atom. The highest BCUT2D eigenvalue weighted by molar-refractivity contribution is 5.49. The Balaban J connectivity index is 3.54. The molecule has 0 bridgehead atoms. The standard InChI is InChI=1S/C7H3F5N2O4/c8-5(9)2-1-13-6(15)3(14(16)17)4(2)18-7(10,11)12/h1,5H,(H,13,15). The fourth-order valence-corrected chi connectivity index (χ4v) is 1.07. The average molecular weight is 274 g/mol. The van der Waals surface area contributed by atoms with E-state index < -0.39 is 40.3 Å². The summed E-state index contributed by atoms with van der Waals surface area (Å²) in [5.41, 5.74) is -4.74. The van der Waals surface area contributed by atoms with Crippen LogP contribution in [0.5, 0.6) is 5.75 Å². The largest absolute Gasteiger partial charge is 0.573 e. The van der Waals surface area contributed by atoms with Gasteiger partial charge in [0.15, 0.2) is 0 Å². The number of rotatable bonds is 3. The lowest BCUT2D eigenvalue weighted by Gasteiger charge is -2.12. The van der Waals surface area contributed by atoms with Crippen LogP contribution in [0.3, 0.4) is 0 Å². The van der Waals surface area contributed by atoms with E-state index in [0.29, 0.717) is 0 Å². The van der Waals surface area contributed by atoms with E-state index in [1.165, 1.54) is 4.98 Å². The van der Waals surface area contributed by atoms with Crippen LogP contribution in [-0.4, -0.2) is 16.3 Å². The summed E-state index contributed by atoms with van der Waals surface area (Å²) in [7, 11) is 0. The highest BCUT2D eigenvalue weighted by Gasteiger charge is 2.39. The molecule has 0 radical (unpaired) electrons. The van der Waals surface area contributed by atoms with Crippen molar-refractivity contribution < 1.29 is 31.6 Å². The number of halogens is 5. The molecular formula is C7H3F5N2O4. The van der Waals surface area contributed by atoms with Crippen molar-refractivity contribution in [3.05, 3.63) is 32.2 Å². The fourth-order valence-electron chi connectivity index (χ4n) is 1.07. The van der Waals surface area contributed by atoms with E-state index in [0.717, 1.165) is 0 Å². The first kappa shape index (κ1) is 13.9. The molecule has 11 heteroatoms. The van der Waals surface area contributed by atoms with Crippen LogP contribution in [0.2, 0.25) is 0 Å². The van der Waals surface area contributed by atoms with Gasteiger partial charge in [0.05, 0.1) is 10.5 Å². The van der Waals surface area contributed by atoms with Crippen molar-refractivity contribution in [1.29, 1.82) is 0 Å². The molecule has 0 aliphatic rings. The Morgan fingerprint density at radius 3 is 2.33 bits per heavy atom. The lowest BCUT2D eigenvalue weighted by molar-refractivity contribution is -0.390. The van der Waals surface area contributed by atoms with E-state index in [1.54, 1.807) is 0 Å². The molecular weight excluding hydrogens is 271 g/mol. The number of alkyl halides is 5. The summed E-state index contributed by atoms with van der Waals surface area (Å²) in [5.74, 6) is -1.81. The summed E-state index contributed by atoms with van der Waals surface area (Å²) < 4.78 is 63.8. The molecule has 0 atom stereocenters. The third-order valence-corrected chi connectivity index (χ3v) is 1.69. The number of aromatic nitrogens is 1. The fraction of sp³-hybridized carbons (Fsp3) is 0.286. The molecule has 0 saturated carbocycles. The van der Waals surface area contributed by atoms with Gasteiger partial charge in [-0.15, -0.1) is 13.2 Å². The zero-order valence-electron chi connectivity index (χ0n) is 8.12. The second-order valence-corrected chi connectivity index (χ2v) is 2.86. The van der Waals surface area contributed by atoms with Gasteiger partial charge in [0.2, 0.25) is 5.75 Å². The summed E-state index contributed by atoms with van der Waals surface area (Å²) in [5, 5.41) is 10.4. The monoisotopic (exact) mass is 274 g/mol. The van der Waals surface area contributed by atoms with Crippen LogP contribution in [0, 0.1) is 10.1 Å². The predicted octanol–water partition coefficient (Wildman–Crippen LogP) is 2.12. The average Bonchev–Trinajstić information content (AvgIpc) is 2.13. The number of hydrogen-bond donors (Lipinski definition) is 1. The molecule has 6 nitrogen and oxygen atoms in total. The van der Waals surface area contributed by atoms with E-state index in [2.05, 4.69) is 4.74 Å². The zero-order chi connectivity index (χ0) is 14.1. The van der Waals surface area contributed by atoms with Crippen LogP contribution in [-0.2, 0) is 0 Å². The molecule has 1 heterocycles. The summed E-state index contributed by atoms with van der Waals surface area (Å²) in [4.78, 5) is 21.3. The molecule has 18 heavy (non-hydrogen) atoms. The molecule has 0 aromatic carbocycles. The molecule has 0 spiro atoms. The zero-order valence-corrected chi connectivity index (χ0v) is 8.12. The Hall–Kier alpha value is -2.20. The van der Waals surface area contributed by atoms with E-state index >= 15 is 0 Å². The summed E-state index contributed by atoms with van der Waals surface area (Å²) in [6.07, 6.45) is -8.71. The van der Waals surface area contributed by atoms with Crippen LogP contribution in [0.1, 0.15) is 12.0 Å². The van der Waals surface area contributed by atoms with Gasteiger partial charge >= 0.3 is 17.6 Å². The SMILES string of the molecule is O=c1[nH]cc(C(F)F)c(OC(F)(F)F)c1[N+](=O)[O-]. The first-order valence-electron chi connectivity index (χ1n) is 4.07. The number of nitro groups is 1. The van der Waals surface area contributed by atoms with Gasteiger partial charge in [-0.2, -0.15) is 0 Å². The third-order valence-electron chi connectivity index (χ3n) is 1.69. The molecule has 1 N–H and O–H groups in total. The van der Waals surface area contributed by atoms with Gasteiger partial charge in [0.1, 0.15) is 0 Å². The van der Waals surface area contributed by atoms with Crippen molar-refractivity contribution in [3.63, 3.8) is 0 Å².